The number of carbonyl (C=O) groups is 1. The second-order valence-corrected chi connectivity index (χ2v) is 3.79. The minimum absolute atomic E-state index is 0.122. The van der Waals surface area contributed by atoms with Gasteiger partial charge in [0.25, 0.3) is 5.69 Å². The Hall–Kier alpha value is -1.69. The maximum atomic E-state index is 13.2. The zero-order chi connectivity index (χ0) is 13.2. The Morgan fingerprint density at radius 3 is 2.65 bits per heavy atom. The molecule has 1 aromatic rings. The van der Waals surface area contributed by atoms with Crippen molar-refractivity contribution in [2.45, 2.75) is 19.3 Å². The molecule has 1 aromatic carbocycles. The second kappa shape index (κ2) is 5.09. The first-order valence-electron chi connectivity index (χ1n) is 4.74. The van der Waals surface area contributed by atoms with Gasteiger partial charge in [0.1, 0.15) is 5.82 Å². The van der Waals surface area contributed by atoms with E-state index in [0.29, 0.717) is 0 Å². The number of halogens is 2. The molecular weight excluding hydrogens is 253 g/mol. The molecule has 0 fully saturated rings. The van der Waals surface area contributed by atoms with E-state index in [1.54, 1.807) is 6.92 Å². The topological polar surface area (TPSA) is 80.4 Å². The van der Waals surface area contributed by atoms with Crippen molar-refractivity contribution in [3.63, 3.8) is 0 Å². The Labute approximate surface area is 101 Å². The van der Waals surface area contributed by atoms with Crippen molar-refractivity contribution in [1.29, 1.82) is 0 Å². The van der Waals surface area contributed by atoms with Crippen molar-refractivity contribution >= 4 is 23.3 Å². The third-order valence-electron chi connectivity index (χ3n) is 2.35. The average Bonchev–Trinajstić information content (AvgIpc) is 2.22. The number of hydrogen-bond acceptors (Lipinski definition) is 3. The molecule has 0 saturated carbocycles. The van der Waals surface area contributed by atoms with Gasteiger partial charge >= 0.3 is 5.97 Å². The van der Waals surface area contributed by atoms with Gasteiger partial charge < -0.3 is 5.11 Å². The minimum atomic E-state index is -1.24. The van der Waals surface area contributed by atoms with Crippen LogP contribution >= 0.6 is 11.6 Å². The van der Waals surface area contributed by atoms with Gasteiger partial charge in [-0.25, -0.2) is 4.39 Å². The fraction of sp³-hybridized carbons (Fsp3) is 0.300. The quantitative estimate of drug-likeness (QED) is 0.667. The Morgan fingerprint density at radius 1 is 1.65 bits per heavy atom. The summed E-state index contributed by atoms with van der Waals surface area (Å²) in [4.78, 5) is 20.9. The molecule has 1 N–H and O–H groups in total. The van der Waals surface area contributed by atoms with Gasteiger partial charge in [-0.2, -0.15) is 0 Å². The number of aliphatic carboxylic acids is 1. The van der Waals surface area contributed by atoms with E-state index < -0.39 is 33.3 Å². The molecule has 0 aliphatic carbocycles. The molecule has 0 radical (unpaired) electrons. The predicted octanol–water partition coefficient (Wildman–Crippen LogP) is 2.97. The van der Waals surface area contributed by atoms with Gasteiger partial charge in [-0.05, 0) is 12.5 Å². The summed E-state index contributed by atoms with van der Waals surface area (Å²) in [5, 5.41) is 19.3. The van der Waals surface area contributed by atoms with E-state index in [0.717, 1.165) is 12.1 Å². The summed E-state index contributed by atoms with van der Waals surface area (Å²) >= 11 is 5.43. The highest BCUT2D eigenvalue weighted by molar-refractivity contribution is 6.31. The average molecular weight is 262 g/mol. The fourth-order valence-corrected chi connectivity index (χ4v) is 1.67. The molecule has 0 amide bonds. The van der Waals surface area contributed by atoms with Gasteiger partial charge in [0.2, 0.25) is 0 Å². The van der Waals surface area contributed by atoms with Crippen molar-refractivity contribution < 1.29 is 19.2 Å². The Kier molecular flexibility index (Phi) is 4.01. The summed E-state index contributed by atoms with van der Waals surface area (Å²) in [5.41, 5.74) is -0.655. The number of nitrogens with zero attached hydrogens (tertiary/aromatic N) is 1. The molecule has 92 valence electrons. The normalized spacial score (nSPS) is 12.2. The van der Waals surface area contributed by atoms with Crippen LogP contribution in [-0.2, 0) is 4.79 Å². The van der Waals surface area contributed by atoms with E-state index >= 15 is 0 Å². The predicted molar refractivity (Wildman–Crippen MR) is 58.7 cm³/mol. The summed E-state index contributed by atoms with van der Waals surface area (Å²) in [6.07, 6.45) is 0.122. The van der Waals surface area contributed by atoms with Crippen LogP contribution in [0.1, 0.15) is 24.8 Å². The van der Waals surface area contributed by atoms with Crippen LogP contribution in [-0.4, -0.2) is 16.0 Å². The molecule has 1 unspecified atom stereocenters. The fourth-order valence-electron chi connectivity index (χ4n) is 1.52. The lowest BCUT2D eigenvalue weighted by Gasteiger charge is -2.11. The third-order valence-corrected chi connectivity index (χ3v) is 2.64. The van der Waals surface area contributed by atoms with Crippen LogP contribution in [0.25, 0.3) is 0 Å². The number of rotatable bonds is 4. The van der Waals surface area contributed by atoms with Crippen LogP contribution in [0.15, 0.2) is 12.1 Å². The van der Waals surface area contributed by atoms with E-state index in [9.17, 15) is 19.3 Å². The molecule has 1 atom stereocenters. The second-order valence-electron chi connectivity index (χ2n) is 3.38. The lowest BCUT2D eigenvalue weighted by molar-refractivity contribution is -0.385. The van der Waals surface area contributed by atoms with Crippen molar-refractivity contribution in [1.82, 2.24) is 0 Å². The largest absolute Gasteiger partial charge is 0.481 e. The first kappa shape index (κ1) is 13.4. The first-order chi connectivity index (χ1) is 7.88. The van der Waals surface area contributed by atoms with Crippen LogP contribution in [0, 0.1) is 15.9 Å². The third kappa shape index (κ3) is 2.71. The van der Waals surface area contributed by atoms with E-state index in [1.165, 1.54) is 0 Å². The van der Waals surface area contributed by atoms with Crippen molar-refractivity contribution in [2.24, 2.45) is 0 Å². The molecule has 0 spiro atoms. The summed E-state index contributed by atoms with van der Waals surface area (Å²) in [5.74, 6) is -3.23. The smallest absolute Gasteiger partial charge is 0.311 e. The molecule has 0 saturated heterocycles. The Morgan fingerprint density at radius 2 is 2.24 bits per heavy atom. The molecule has 0 aliphatic rings. The number of carboxylic acid groups (broad SMARTS) is 1. The Bertz CT molecular complexity index is 478. The first-order valence-corrected chi connectivity index (χ1v) is 5.12. The van der Waals surface area contributed by atoms with E-state index in [1.807, 2.05) is 0 Å². The molecule has 0 aromatic heterocycles. The van der Waals surface area contributed by atoms with Crippen LogP contribution < -0.4 is 0 Å². The summed E-state index contributed by atoms with van der Waals surface area (Å²) in [7, 11) is 0. The van der Waals surface area contributed by atoms with Gasteiger partial charge in [-0.3, -0.25) is 14.9 Å². The maximum Gasteiger partial charge on any atom is 0.311 e. The highest BCUT2D eigenvalue weighted by atomic mass is 35.5. The Balaban J connectivity index is 3.44. The molecule has 5 nitrogen and oxygen atoms in total. The molecule has 1 rings (SSSR count). The summed E-state index contributed by atoms with van der Waals surface area (Å²) < 4.78 is 13.2. The molecule has 7 heteroatoms. The molecule has 0 bridgehead atoms. The van der Waals surface area contributed by atoms with Crippen LogP contribution in [0.2, 0.25) is 5.02 Å². The standard InChI is InChI=1S/C10H9ClFNO4/c1-2-5(10(14)15)6-3-8(12)7(11)4-9(6)13(16)17/h3-5H,2H2,1H3,(H,14,15). The van der Waals surface area contributed by atoms with Crippen molar-refractivity contribution in [3.8, 4) is 0 Å². The maximum absolute atomic E-state index is 13.2. The lowest BCUT2D eigenvalue weighted by Crippen LogP contribution is -2.13. The highest BCUT2D eigenvalue weighted by Crippen LogP contribution is 2.33. The van der Waals surface area contributed by atoms with Crippen LogP contribution in [0.3, 0.4) is 0 Å². The van der Waals surface area contributed by atoms with Crippen molar-refractivity contribution in [3.05, 3.63) is 38.7 Å². The van der Waals surface area contributed by atoms with E-state index in [4.69, 9.17) is 16.7 Å². The van der Waals surface area contributed by atoms with Crippen LogP contribution in [0.5, 0.6) is 0 Å². The highest BCUT2D eigenvalue weighted by Gasteiger charge is 2.28. The molecule has 0 heterocycles. The summed E-state index contributed by atoms with van der Waals surface area (Å²) in [6, 6.07) is 1.64. The van der Waals surface area contributed by atoms with Gasteiger partial charge in [0.15, 0.2) is 0 Å². The number of carboxylic acids is 1. The number of nitro benzene ring substituents is 1. The number of nitro groups is 1. The monoisotopic (exact) mass is 261 g/mol. The van der Waals surface area contributed by atoms with Gasteiger partial charge in [0.05, 0.1) is 15.9 Å². The zero-order valence-corrected chi connectivity index (χ0v) is 9.57. The SMILES string of the molecule is CCC(C(=O)O)c1cc(F)c(Cl)cc1[N+](=O)[O-]. The lowest BCUT2D eigenvalue weighted by atomic mass is 9.95. The van der Waals surface area contributed by atoms with Crippen LogP contribution in [0.4, 0.5) is 10.1 Å². The molecular formula is C10H9ClFNO4. The van der Waals surface area contributed by atoms with Gasteiger partial charge in [0, 0.05) is 11.6 Å². The van der Waals surface area contributed by atoms with Gasteiger partial charge in [-0.15, -0.1) is 0 Å². The van der Waals surface area contributed by atoms with E-state index in [2.05, 4.69) is 0 Å². The van der Waals surface area contributed by atoms with Gasteiger partial charge in [-0.1, -0.05) is 18.5 Å². The zero-order valence-electron chi connectivity index (χ0n) is 8.81. The number of benzene rings is 1. The minimum Gasteiger partial charge on any atom is -0.481 e. The number of hydrogen-bond donors (Lipinski definition) is 1. The molecule has 0 aliphatic heterocycles. The van der Waals surface area contributed by atoms with Crippen molar-refractivity contribution in [2.75, 3.05) is 0 Å². The summed E-state index contributed by atoms with van der Waals surface area (Å²) in [6.45, 7) is 1.55. The van der Waals surface area contributed by atoms with E-state index in [-0.39, 0.29) is 12.0 Å². The molecule has 17 heavy (non-hydrogen) atoms.